The fraction of sp³-hybridized carbons (Fsp3) is 0.235. The zero-order valence-corrected chi connectivity index (χ0v) is 15.2. The standard InChI is InChI=1S/C17H17Cl2NO3S/c1-10(17(23)11-2-5-13(21)6-3-11)20-16(22)9-24-15-8-12(18)4-7-14(15)19/h2-8,10,17,21,23H,9H2,1H3,(H,20,22)/t10-,17+/m1/s1. The minimum Gasteiger partial charge on any atom is -0.508 e. The Morgan fingerprint density at radius 3 is 2.54 bits per heavy atom. The molecule has 3 N–H and O–H groups in total. The van der Waals surface area contributed by atoms with Crippen LogP contribution in [0.15, 0.2) is 47.4 Å². The Hall–Kier alpha value is -1.40. The van der Waals surface area contributed by atoms with Gasteiger partial charge in [-0.05, 0) is 42.8 Å². The van der Waals surface area contributed by atoms with Crippen LogP contribution in [0.4, 0.5) is 0 Å². The Balaban J connectivity index is 1.89. The number of aliphatic hydroxyl groups is 1. The van der Waals surface area contributed by atoms with E-state index in [4.69, 9.17) is 23.2 Å². The Morgan fingerprint density at radius 2 is 1.88 bits per heavy atom. The molecule has 0 aliphatic carbocycles. The fourth-order valence-corrected chi connectivity index (χ4v) is 3.37. The normalized spacial score (nSPS) is 13.3. The van der Waals surface area contributed by atoms with Crippen molar-refractivity contribution in [3.63, 3.8) is 0 Å². The number of hydrogen-bond donors (Lipinski definition) is 3. The topological polar surface area (TPSA) is 69.6 Å². The van der Waals surface area contributed by atoms with E-state index in [-0.39, 0.29) is 17.4 Å². The molecule has 4 nitrogen and oxygen atoms in total. The second kappa shape index (κ2) is 8.62. The van der Waals surface area contributed by atoms with Crippen LogP contribution in [0.1, 0.15) is 18.6 Å². The summed E-state index contributed by atoms with van der Waals surface area (Å²) in [6, 6.07) is 10.8. The molecule has 2 atom stereocenters. The van der Waals surface area contributed by atoms with Crippen LogP contribution in [0, 0.1) is 0 Å². The second-order valence-corrected chi connectivity index (χ2v) is 7.12. The van der Waals surface area contributed by atoms with E-state index >= 15 is 0 Å². The molecule has 0 aliphatic rings. The number of benzene rings is 2. The molecule has 2 rings (SSSR count). The van der Waals surface area contributed by atoms with Crippen molar-refractivity contribution in [2.45, 2.75) is 24.0 Å². The van der Waals surface area contributed by atoms with Gasteiger partial charge < -0.3 is 15.5 Å². The van der Waals surface area contributed by atoms with Crippen molar-refractivity contribution in [1.29, 1.82) is 0 Å². The van der Waals surface area contributed by atoms with E-state index in [1.54, 1.807) is 37.3 Å². The molecule has 0 aromatic heterocycles. The van der Waals surface area contributed by atoms with Crippen LogP contribution < -0.4 is 5.32 Å². The molecule has 0 fully saturated rings. The third-order valence-electron chi connectivity index (χ3n) is 3.35. The summed E-state index contributed by atoms with van der Waals surface area (Å²) in [5, 5.41) is 23.4. The average Bonchev–Trinajstić information content (AvgIpc) is 2.55. The lowest BCUT2D eigenvalue weighted by Crippen LogP contribution is -2.38. The van der Waals surface area contributed by atoms with E-state index < -0.39 is 12.1 Å². The first-order chi connectivity index (χ1) is 11.4. The molecule has 2 aromatic rings. The lowest BCUT2D eigenvalue weighted by molar-refractivity contribution is -0.119. The van der Waals surface area contributed by atoms with Crippen LogP contribution in [-0.4, -0.2) is 27.9 Å². The van der Waals surface area contributed by atoms with Crippen molar-refractivity contribution in [2.24, 2.45) is 0 Å². The van der Waals surface area contributed by atoms with E-state index in [9.17, 15) is 15.0 Å². The monoisotopic (exact) mass is 385 g/mol. The van der Waals surface area contributed by atoms with Gasteiger partial charge in [0.1, 0.15) is 5.75 Å². The number of thioether (sulfide) groups is 1. The van der Waals surface area contributed by atoms with Crippen molar-refractivity contribution in [3.8, 4) is 5.75 Å². The zero-order valence-electron chi connectivity index (χ0n) is 12.9. The van der Waals surface area contributed by atoms with E-state index in [1.807, 2.05) is 0 Å². The minimum atomic E-state index is -0.866. The summed E-state index contributed by atoms with van der Waals surface area (Å²) >= 11 is 13.2. The van der Waals surface area contributed by atoms with Gasteiger partial charge in [0.05, 0.1) is 22.9 Å². The zero-order chi connectivity index (χ0) is 17.7. The maximum atomic E-state index is 12.1. The van der Waals surface area contributed by atoms with E-state index in [0.717, 1.165) is 4.90 Å². The summed E-state index contributed by atoms with van der Waals surface area (Å²) in [5.41, 5.74) is 0.617. The highest BCUT2D eigenvalue weighted by molar-refractivity contribution is 8.00. The molecule has 24 heavy (non-hydrogen) atoms. The number of phenols is 1. The van der Waals surface area contributed by atoms with Gasteiger partial charge in [-0.15, -0.1) is 11.8 Å². The highest BCUT2D eigenvalue weighted by Gasteiger charge is 2.18. The number of nitrogens with one attached hydrogen (secondary N) is 1. The summed E-state index contributed by atoms with van der Waals surface area (Å²) in [4.78, 5) is 12.8. The van der Waals surface area contributed by atoms with Crippen molar-refractivity contribution < 1.29 is 15.0 Å². The molecule has 0 unspecified atom stereocenters. The minimum absolute atomic E-state index is 0.123. The molecule has 2 aromatic carbocycles. The van der Waals surface area contributed by atoms with Crippen molar-refractivity contribution in [2.75, 3.05) is 5.75 Å². The quantitative estimate of drug-likeness (QED) is 0.656. The lowest BCUT2D eigenvalue weighted by atomic mass is 10.0. The Morgan fingerprint density at radius 1 is 1.21 bits per heavy atom. The number of hydrogen-bond acceptors (Lipinski definition) is 4. The van der Waals surface area contributed by atoms with Gasteiger partial charge >= 0.3 is 0 Å². The smallest absolute Gasteiger partial charge is 0.230 e. The predicted molar refractivity (Wildman–Crippen MR) is 97.9 cm³/mol. The molecule has 0 aliphatic heterocycles. The van der Waals surface area contributed by atoms with Gasteiger partial charge in [0.2, 0.25) is 5.91 Å². The first-order valence-corrected chi connectivity index (χ1v) is 8.95. The molecule has 0 saturated heterocycles. The van der Waals surface area contributed by atoms with E-state index in [0.29, 0.717) is 15.6 Å². The van der Waals surface area contributed by atoms with Crippen molar-refractivity contribution in [3.05, 3.63) is 58.1 Å². The first kappa shape index (κ1) is 18.9. The maximum absolute atomic E-state index is 12.1. The van der Waals surface area contributed by atoms with Gasteiger partial charge in [0.15, 0.2) is 0 Å². The van der Waals surface area contributed by atoms with Gasteiger partial charge in [-0.3, -0.25) is 4.79 Å². The van der Waals surface area contributed by atoms with Gasteiger partial charge in [0, 0.05) is 9.92 Å². The van der Waals surface area contributed by atoms with Crippen LogP contribution in [0.5, 0.6) is 5.75 Å². The SMILES string of the molecule is C[C@@H](NC(=O)CSc1cc(Cl)ccc1Cl)[C@H](O)c1ccc(O)cc1. The molecule has 0 saturated carbocycles. The van der Waals surface area contributed by atoms with Gasteiger partial charge in [0.25, 0.3) is 0 Å². The van der Waals surface area contributed by atoms with Crippen LogP contribution >= 0.6 is 35.0 Å². The van der Waals surface area contributed by atoms with Crippen LogP contribution in [0.3, 0.4) is 0 Å². The molecular formula is C17H17Cl2NO3S. The van der Waals surface area contributed by atoms with Gasteiger partial charge in [-0.25, -0.2) is 0 Å². The van der Waals surface area contributed by atoms with Crippen LogP contribution in [-0.2, 0) is 4.79 Å². The van der Waals surface area contributed by atoms with Crippen molar-refractivity contribution in [1.82, 2.24) is 5.32 Å². The number of carbonyl (C=O) groups excluding carboxylic acids is 1. The Kier molecular flexibility index (Phi) is 6.80. The van der Waals surface area contributed by atoms with Gasteiger partial charge in [-0.2, -0.15) is 0 Å². The summed E-state index contributed by atoms with van der Waals surface area (Å²) in [5.74, 6) is 0.0611. The van der Waals surface area contributed by atoms with Crippen molar-refractivity contribution >= 4 is 40.9 Å². The molecule has 0 heterocycles. The highest BCUT2D eigenvalue weighted by Crippen LogP contribution is 2.29. The molecule has 0 bridgehead atoms. The number of carbonyl (C=O) groups is 1. The molecule has 1 amide bonds. The maximum Gasteiger partial charge on any atom is 0.230 e. The number of halogens is 2. The first-order valence-electron chi connectivity index (χ1n) is 7.21. The molecule has 0 spiro atoms. The van der Waals surface area contributed by atoms with E-state index in [2.05, 4.69) is 5.32 Å². The Labute approximate surface area is 154 Å². The predicted octanol–water partition coefficient (Wildman–Crippen LogP) is 4.03. The number of amides is 1. The van der Waals surface area contributed by atoms with Crippen LogP contribution in [0.25, 0.3) is 0 Å². The molecule has 7 heteroatoms. The number of rotatable bonds is 6. The highest BCUT2D eigenvalue weighted by atomic mass is 35.5. The third kappa shape index (κ3) is 5.31. The summed E-state index contributed by atoms with van der Waals surface area (Å²) < 4.78 is 0. The summed E-state index contributed by atoms with van der Waals surface area (Å²) in [7, 11) is 0. The number of phenolic OH excluding ortho intramolecular Hbond substituents is 1. The molecular weight excluding hydrogens is 369 g/mol. The fourth-order valence-electron chi connectivity index (χ4n) is 2.07. The average molecular weight is 386 g/mol. The van der Waals surface area contributed by atoms with Gasteiger partial charge in [-0.1, -0.05) is 35.3 Å². The third-order valence-corrected chi connectivity index (χ3v) is 5.08. The lowest BCUT2D eigenvalue weighted by Gasteiger charge is -2.20. The molecule has 128 valence electrons. The number of aromatic hydroxyl groups is 1. The van der Waals surface area contributed by atoms with Crippen LogP contribution in [0.2, 0.25) is 10.0 Å². The number of aliphatic hydroxyl groups excluding tert-OH is 1. The largest absolute Gasteiger partial charge is 0.508 e. The summed E-state index contributed by atoms with van der Waals surface area (Å²) in [6.45, 7) is 1.71. The molecule has 0 radical (unpaired) electrons. The summed E-state index contributed by atoms with van der Waals surface area (Å²) in [6.07, 6.45) is -0.866. The Bertz CT molecular complexity index is 709. The van der Waals surface area contributed by atoms with E-state index in [1.165, 1.54) is 23.9 Å². The second-order valence-electron chi connectivity index (χ2n) is 5.26.